The Balaban J connectivity index is 1.54. The van der Waals surface area contributed by atoms with Gasteiger partial charge < -0.3 is 20.1 Å². The van der Waals surface area contributed by atoms with Crippen LogP contribution in [0.2, 0.25) is 0 Å². The number of pyridine rings is 1. The molecular weight excluding hydrogens is 449 g/mol. The number of methoxy groups -OCH3 is 1. The number of ether oxygens (including phenoxy) is 2. The Bertz CT molecular complexity index is 1240. The van der Waals surface area contributed by atoms with Gasteiger partial charge in [0.05, 0.1) is 18.0 Å². The van der Waals surface area contributed by atoms with E-state index in [0.29, 0.717) is 5.56 Å². The highest BCUT2D eigenvalue weighted by molar-refractivity contribution is 5.85. The highest BCUT2D eigenvalue weighted by Gasteiger charge is 2.36. The van der Waals surface area contributed by atoms with Gasteiger partial charge in [-0.25, -0.2) is 9.37 Å². The number of para-hydroxylation sites is 1. The van der Waals surface area contributed by atoms with Crippen LogP contribution >= 0.6 is 0 Å². The molecule has 3 aromatic rings. The van der Waals surface area contributed by atoms with Crippen LogP contribution in [0.15, 0.2) is 48.5 Å². The van der Waals surface area contributed by atoms with Crippen molar-refractivity contribution < 1.29 is 23.5 Å². The van der Waals surface area contributed by atoms with Gasteiger partial charge in [-0.2, -0.15) is 0 Å². The molecule has 184 valence electrons. The standard InChI is InChI=1S/C27H30FN3O4/c1-27(16-24(29)32,26(33)34-2)15-18-9-10-23(21(28)13-18)35-17-19-14-25(31-11-5-6-12-31)30-22-8-4-3-7-20(19)22/h3-4,7-10,13-14H,5-6,11-12,15-17H2,1-2H3,(H2,29,32)/t27-/m0/s1. The molecule has 0 aliphatic carbocycles. The van der Waals surface area contributed by atoms with Crippen molar-refractivity contribution in [3.05, 3.63) is 65.5 Å². The van der Waals surface area contributed by atoms with Crippen molar-refractivity contribution in [2.45, 2.75) is 39.2 Å². The summed E-state index contributed by atoms with van der Waals surface area (Å²) in [6, 6.07) is 14.4. The second-order valence-electron chi connectivity index (χ2n) is 9.28. The Hall–Kier alpha value is -3.68. The molecular formula is C27H30FN3O4. The molecule has 1 saturated heterocycles. The van der Waals surface area contributed by atoms with Crippen LogP contribution < -0.4 is 15.4 Å². The van der Waals surface area contributed by atoms with E-state index in [2.05, 4.69) is 4.90 Å². The summed E-state index contributed by atoms with van der Waals surface area (Å²) in [5.41, 5.74) is 6.48. The average Bonchev–Trinajstić information content (AvgIpc) is 3.37. The van der Waals surface area contributed by atoms with Gasteiger partial charge in [-0.15, -0.1) is 0 Å². The van der Waals surface area contributed by atoms with Crippen LogP contribution in [-0.2, 0) is 27.4 Å². The quantitative estimate of drug-likeness (QED) is 0.464. The Morgan fingerprint density at radius 3 is 2.57 bits per heavy atom. The Morgan fingerprint density at radius 2 is 1.89 bits per heavy atom. The highest BCUT2D eigenvalue weighted by Crippen LogP contribution is 2.31. The summed E-state index contributed by atoms with van der Waals surface area (Å²) in [7, 11) is 1.25. The zero-order valence-corrected chi connectivity index (χ0v) is 20.1. The van der Waals surface area contributed by atoms with Crippen LogP contribution in [0.4, 0.5) is 10.2 Å². The predicted molar refractivity (Wildman–Crippen MR) is 132 cm³/mol. The monoisotopic (exact) mass is 479 g/mol. The van der Waals surface area contributed by atoms with Gasteiger partial charge in [0.1, 0.15) is 12.4 Å². The number of nitrogens with two attached hydrogens (primary N) is 1. The first-order valence-corrected chi connectivity index (χ1v) is 11.7. The Kier molecular flexibility index (Phi) is 7.19. The zero-order valence-electron chi connectivity index (χ0n) is 20.1. The minimum absolute atomic E-state index is 0.104. The average molecular weight is 480 g/mol. The number of carbonyl (C=O) groups excluding carboxylic acids is 2. The third kappa shape index (κ3) is 5.53. The number of rotatable bonds is 9. The Labute approximate surface area is 204 Å². The molecule has 0 saturated carbocycles. The maximum absolute atomic E-state index is 15.0. The number of esters is 1. The molecule has 1 aliphatic heterocycles. The zero-order chi connectivity index (χ0) is 25.0. The summed E-state index contributed by atoms with van der Waals surface area (Å²) in [5, 5.41) is 0.966. The number of halogens is 1. The van der Waals surface area contributed by atoms with E-state index >= 15 is 0 Å². The number of nitrogens with zero attached hydrogens (tertiary/aromatic N) is 2. The molecule has 4 rings (SSSR count). The maximum Gasteiger partial charge on any atom is 0.312 e. The molecule has 8 heteroatoms. The molecule has 1 atom stereocenters. The van der Waals surface area contributed by atoms with Gasteiger partial charge in [0.15, 0.2) is 11.6 Å². The van der Waals surface area contributed by atoms with Crippen molar-refractivity contribution in [3.8, 4) is 5.75 Å². The van der Waals surface area contributed by atoms with Crippen LogP contribution in [0.5, 0.6) is 5.75 Å². The number of primary amides is 1. The fraction of sp³-hybridized carbons (Fsp3) is 0.370. The van der Waals surface area contributed by atoms with Crippen molar-refractivity contribution in [1.29, 1.82) is 0 Å². The van der Waals surface area contributed by atoms with Crippen LogP contribution in [-0.4, -0.2) is 37.1 Å². The number of amides is 1. The van der Waals surface area contributed by atoms with Crippen LogP contribution in [0.25, 0.3) is 10.9 Å². The summed E-state index contributed by atoms with van der Waals surface area (Å²) in [4.78, 5) is 30.8. The molecule has 1 fully saturated rings. The molecule has 0 radical (unpaired) electrons. The molecule has 7 nitrogen and oxygen atoms in total. The number of hydrogen-bond acceptors (Lipinski definition) is 6. The summed E-state index contributed by atoms with van der Waals surface area (Å²) < 4.78 is 25.7. The van der Waals surface area contributed by atoms with Crippen molar-refractivity contribution >= 4 is 28.6 Å². The van der Waals surface area contributed by atoms with E-state index in [-0.39, 0.29) is 25.2 Å². The van der Waals surface area contributed by atoms with Gasteiger partial charge in [-0.1, -0.05) is 24.3 Å². The van der Waals surface area contributed by atoms with Gasteiger partial charge in [-0.3, -0.25) is 9.59 Å². The Morgan fingerprint density at radius 1 is 1.14 bits per heavy atom. The molecule has 1 aliphatic rings. The lowest BCUT2D eigenvalue weighted by molar-refractivity contribution is -0.153. The van der Waals surface area contributed by atoms with Gasteiger partial charge in [0.2, 0.25) is 5.91 Å². The van der Waals surface area contributed by atoms with E-state index in [0.717, 1.165) is 48.2 Å². The van der Waals surface area contributed by atoms with Crippen molar-refractivity contribution in [3.63, 3.8) is 0 Å². The second kappa shape index (κ2) is 10.3. The van der Waals surface area contributed by atoms with Crippen LogP contribution in [0.3, 0.4) is 0 Å². The number of fused-ring (bicyclic) bond motifs is 1. The normalized spacial score (nSPS) is 15.1. The summed E-state index contributed by atoms with van der Waals surface area (Å²) in [6.07, 6.45) is 2.20. The van der Waals surface area contributed by atoms with E-state index in [9.17, 15) is 14.0 Å². The van der Waals surface area contributed by atoms with Gasteiger partial charge in [-0.05, 0) is 56.0 Å². The van der Waals surface area contributed by atoms with E-state index in [1.165, 1.54) is 19.2 Å². The van der Waals surface area contributed by atoms with Crippen molar-refractivity contribution in [2.24, 2.45) is 11.1 Å². The van der Waals surface area contributed by atoms with E-state index < -0.39 is 23.1 Å². The number of aromatic nitrogens is 1. The second-order valence-corrected chi connectivity index (χ2v) is 9.28. The van der Waals surface area contributed by atoms with Crippen molar-refractivity contribution in [1.82, 2.24) is 4.98 Å². The predicted octanol–water partition coefficient (Wildman–Crippen LogP) is 4.15. The number of anilines is 1. The third-order valence-corrected chi connectivity index (χ3v) is 6.43. The maximum atomic E-state index is 15.0. The molecule has 35 heavy (non-hydrogen) atoms. The molecule has 2 aromatic carbocycles. The lowest BCUT2D eigenvalue weighted by Crippen LogP contribution is -2.36. The first kappa shape index (κ1) is 24.4. The summed E-state index contributed by atoms with van der Waals surface area (Å²) in [5.74, 6) is -0.738. The molecule has 2 N–H and O–H groups in total. The molecule has 0 bridgehead atoms. The van der Waals surface area contributed by atoms with Gasteiger partial charge >= 0.3 is 5.97 Å². The lowest BCUT2D eigenvalue weighted by atomic mass is 9.80. The number of hydrogen-bond donors (Lipinski definition) is 1. The fourth-order valence-corrected chi connectivity index (χ4v) is 4.67. The smallest absolute Gasteiger partial charge is 0.312 e. The van der Waals surface area contributed by atoms with Gasteiger partial charge in [0, 0.05) is 30.5 Å². The summed E-state index contributed by atoms with van der Waals surface area (Å²) >= 11 is 0. The SMILES string of the molecule is COC(=O)[C@](C)(CC(N)=O)Cc1ccc(OCc2cc(N3CCCC3)nc3ccccc23)c(F)c1. The third-order valence-electron chi connectivity index (χ3n) is 6.43. The van der Waals surface area contributed by atoms with E-state index in [4.69, 9.17) is 20.2 Å². The van der Waals surface area contributed by atoms with Crippen LogP contribution in [0, 0.1) is 11.2 Å². The molecule has 1 aromatic heterocycles. The van der Waals surface area contributed by atoms with Crippen LogP contribution in [0.1, 0.15) is 37.3 Å². The van der Waals surface area contributed by atoms with Crippen molar-refractivity contribution in [2.75, 3.05) is 25.1 Å². The topological polar surface area (TPSA) is 94.8 Å². The van der Waals surface area contributed by atoms with Gasteiger partial charge in [0.25, 0.3) is 0 Å². The first-order chi connectivity index (χ1) is 16.8. The fourth-order valence-electron chi connectivity index (χ4n) is 4.67. The molecule has 0 unspecified atom stereocenters. The minimum Gasteiger partial charge on any atom is -0.486 e. The largest absolute Gasteiger partial charge is 0.486 e. The minimum atomic E-state index is -1.18. The number of benzene rings is 2. The summed E-state index contributed by atoms with van der Waals surface area (Å²) in [6.45, 7) is 3.71. The molecule has 1 amide bonds. The molecule has 0 spiro atoms. The first-order valence-electron chi connectivity index (χ1n) is 11.7. The highest BCUT2D eigenvalue weighted by atomic mass is 19.1. The van der Waals surface area contributed by atoms with E-state index in [1.807, 2.05) is 30.3 Å². The molecule has 2 heterocycles. The van der Waals surface area contributed by atoms with E-state index in [1.54, 1.807) is 13.0 Å². The number of carbonyl (C=O) groups is 2. The lowest BCUT2D eigenvalue weighted by Gasteiger charge is -2.25.